The SMILES string of the molecule is [I][V]([I])([I])[I].[I][V]([I])[I].[O]=[V]([Br])([V](=[O])([Cl])([Cl])([Cl])[Cl])[V](=[O])([Cl])([Cl])([Cl])[Cl].[V+3]. The predicted octanol–water partition coefficient (Wildman–Crippen LogP) is 12.2. The summed E-state index contributed by atoms with van der Waals surface area (Å²) in [5, 5.41) is 0. The fourth-order valence-electron chi connectivity index (χ4n) is 0.330. The van der Waals surface area contributed by atoms with Crippen molar-refractivity contribution in [1.82, 2.24) is 0 Å². The standard InChI is InChI=1S/BrH.8ClH.7HI.3O.6V/h16*1H;;;;;;;;;/q;;;;;;;;;;;;;;;;;;;+1;2*+3;3*+4/p-16. The second-order valence-electron chi connectivity index (χ2n) is 3.13. The Hall–Kier alpha value is 10.8. The molecule has 0 aromatic carbocycles. The molecule has 0 saturated carbocycles. The minimum absolute atomic E-state index is 0. The van der Waals surface area contributed by atoms with Gasteiger partial charge in [0.15, 0.2) is 0 Å². The molecule has 0 aliphatic rings. The molecule has 0 rings (SSSR count). The quantitative estimate of drug-likeness (QED) is 0.259. The van der Waals surface area contributed by atoms with E-state index in [4.69, 9.17) is 78.8 Å². The topological polar surface area (TPSA) is 51.2 Å². The maximum Gasteiger partial charge on any atom is 3.00 e. The molecule has 0 saturated heterocycles. The Bertz CT molecular complexity index is 602. The van der Waals surface area contributed by atoms with Crippen molar-refractivity contribution in [3.05, 3.63) is 0 Å². The summed E-state index contributed by atoms with van der Waals surface area (Å²) in [5.74, 6) is 0. The summed E-state index contributed by atoms with van der Waals surface area (Å²) < 4.78 is 34.6. The molecule has 0 fully saturated rings. The Morgan fingerprint density at radius 2 is 0.800 bits per heavy atom. The number of halogens is 16. The zero-order valence-corrected chi connectivity index (χ0v) is 41.1. The molecule has 0 atom stereocenters. The third-order valence-electron chi connectivity index (χ3n) is 0.947. The van der Waals surface area contributed by atoms with Crippen LogP contribution in [0.5, 0.6) is 0 Å². The summed E-state index contributed by atoms with van der Waals surface area (Å²) in [6.45, 7) is 0. The first-order chi connectivity index (χ1) is 9.22. The van der Waals surface area contributed by atoms with Gasteiger partial charge < -0.3 is 0 Å². The summed E-state index contributed by atoms with van der Waals surface area (Å²) in [5.41, 5.74) is -14.8. The van der Waals surface area contributed by atoms with E-state index in [0.29, 0.717) is 0 Å². The monoisotopic (exact) mass is 1600 g/mol. The van der Waals surface area contributed by atoms with Crippen LogP contribution in [0.2, 0.25) is 0 Å². The molecule has 0 N–H and O–H groups in total. The second-order valence-corrected chi connectivity index (χ2v) is 199. The van der Waals surface area contributed by atoms with Crippen LogP contribution in [0.3, 0.4) is 0 Å². The molecule has 25 heavy (non-hydrogen) atoms. The van der Waals surface area contributed by atoms with Gasteiger partial charge in [-0.25, -0.2) is 0 Å². The van der Waals surface area contributed by atoms with Gasteiger partial charge in [0.1, 0.15) is 0 Å². The van der Waals surface area contributed by atoms with E-state index in [9.17, 15) is 11.0 Å². The van der Waals surface area contributed by atoms with Gasteiger partial charge in [-0.15, -0.1) is 0 Å². The van der Waals surface area contributed by atoms with Crippen molar-refractivity contribution in [3.8, 4) is 0 Å². The zero-order valence-electron chi connectivity index (χ0n) is 9.96. The largest absolute Gasteiger partial charge is 3.00 e. The molecule has 0 amide bonds. The molecule has 3 nitrogen and oxygen atoms in total. The van der Waals surface area contributed by atoms with Crippen molar-refractivity contribution in [1.29, 1.82) is 0 Å². The maximum absolute atomic E-state index is 12.0. The van der Waals surface area contributed by atoms with Gasteiger partial charge in [-0.3, -0.25) is 0 Å². The second kappa shape index (κ2) is 12.8. The molecule has 0 aromatic heterocycles. The first-order valence-corrected chi connectivity index (χ1v) is 62.1. The molecule has 0 spiro atoms. The van der Waals surface area contributed by atoms with E-state index in [1.54, 1.807) is 0 Å². The van der Waals surface area contributed by atoms with Crippen LogP contribution in [0.4, 0.5) is 0 Å². The third kappa shape index (κ3) is 22.5. The minimum atomic E-state index is -7.41. The van der Waals surface area contributed by atoms with Crippen LogP contribution in [0.1, 0.15) is 0 Å². The average Bonchev–Trinajstić information content (AvgIpc) is 1.86. The summed E-state index contributed by atoms with van der Waals surface area (Å²) in [7, 11) is 35.0. The van der Waals surface area contributed by atoms with Gasteiger partial charge in [-0.05, 0) is 0 Å². The first-order valence-electron chi connectivity index (χ1n) is 3.65. The van der Waals surface area contributed by atoms with Gasteiger partial charge in [0, 0.05) is 0 Å². The fourth-order valence-corrected chi connectivity index (χ4v) is 153. The normalized spacial score (nSPS) is 20.5. The molecule has 0 aliphatic heterocycles. The van der Waals surface area contributed by atoms with Crippen molar-refractivity contribution < 1.29 is 53.8 Å². The van der Waals surface area contributed by atoms with Gasteiger partial charge in [0.25, 0.3) is 0 Å². The van der Waals surface area contributed by atoms with Crippen LogP contribution in [-0.4, -0.2) is 0 Å². The summed E-state index contributed by atoms with van der Waals surface area (Å²) in [6, 6.07) is 0. The van der Waals surface area contributed by atoms with E-state index in [-0.39, 0.29) is 23.5 Å². The van der Waals surface area contributed by atoms with Crippen LogP contribution < -0.4 is 0 Å². The van der Waals surface area contributed by atoms with Crippen LogP contribution in [0, 0.1) is 0 Å². The summed E-state index contributed by atoms with van der Waals surface area (Å²) >= 11 is 19.6. The fraction of sp³-hybridized carbons (Fsp3) is 0. The Kier molecular flexibility index (Phi) is 21.9. The smallest absolute Gasteiger partial charge is 3.00 e. The van der Waals surface area contributed by atoms with Crippen LogP contribution in [0.15, 0.2) is 0 Å². The van der Waals surface area contributed by atoms with Crippen molar-refractivity contribution in [2.24, 2.45) is 0 Å². The van der Waals surface area contributed by atoms with Crippen molar-refractivity contribution >= 4 is 232 Å². The van der Waals surface area contributed by atoms with Gasteiger partial charge >= 0.3 is 286 Å². The van der Waals surface area contributed by atoms with E-state index in [2.05, 4.69) is 154 Å². The van der Waals surface area contributed by atoms with Gasteiger partial charge in [0.05, 0.1) is 0 Å². The van der Waals surface area contributed by atoms with Crippen molar-refractivity contribution in [2.45, 2.75) is 0 Å². The van der Waals surface area contributed by atoms with Crippen LogP contribution in [0.25, 0.3) is 0 Å². The molecule has 0 heterocycles. The van der Waals surface area contributed by atoms with E-state index in [1.807, 2.05) is 0 Å². The predicted molar refractivity (Wildman–Crippen MR) is 156 cm³/mol. The van der Waals surface area contributed by atoms with Gasteiger partial charge in [-0.2, -0.15) is 0 Å². The number of hydrogen-bond donors (Lipinski definition) is 0. The number of rotatable bonds is 2. The number of hydrogen-bond acceptors (Lipinski definition) is 3. The Labute approximate surface area is 276 Å². The van der Waals surface area contributed by atoms with E-state index >= 15 is 0 Å². The Balaban J connectivity index is -0.000000183. The summed E-state index contributed by atoms with van der Waals surface area (Å²) in [4.78, 5) is -0.278. The van der Waals surface area contributed by atoms with Gasteiger partial charge in [-0.1, -0.05) is 0 Å². The average molecular weight is 1610 g/mol. The molecule has 0 unspecified atom stereocenters. The maximum atomic E-state index is 12.0. The van der Waals surface area contributed by atoms with Crippen molar-refractivity contribution in [2.75, 3.05) is 0 Å². The van der Waals surface area contributed by atoms with Gasteiger partial charge in [0.2, 0.25) is 0 Å². The molecule has 0 aliphatic carbocycles. The van der Waals surface area contributed by atoms with Crippen molar-refractivity contribution in [3.63, 3.8) is 0 Å². The third-order valence-corrected chi connectivity index (χ3v) is 142. The molecule has 0 aromatic rings. The first kappa shape index (κ1) is 42.9. The molecular formula is BrCl8I7O3V6+3. The molecule has 157 valence electrons. The van der Waals surface area contributed by atoms with E-state index < -0.39 is 19.3 Å². The Morgan fingerprint density at radius 3 is 0.800 bits per heavy atom. The zero-order chi connectivity index (χ0) is 21.4. The molecular weight excluding hydrogens is 1610 g/mol. The Morgan fingerprint density at radius 1 is 0.720 bits per heavy atom. The van der Waals surface area contributed by atoms with Crippen LogP contribution >= 0.6 is 232 Å². The van der Waals surface area contributed by atoms with E-state index in [1.165, 1.54) is 0 Å². The molecule has 0 bridgehead atoms. The summed E-state index contributed by atoms with van der Waals surface area (Å²) in [6.07, 6.45) is 0. The molecule has 25 heteroatoms. The minimum Gasteiger partial charge on any atom is 3.00 e. The molecule has 0 radical (unpaired) electrons. The van der Waals surface area contributed by atoms with E-state index in [0.717, 1.165) is 0 Å². The van der Waals surface area contributed by atoms with Crippen LogP contribution in [-0.2, 0) is 53.8 Å².